The van der Waals surface area contributed by atoms with Crippen molar-refractivity contribution in [1.82, 2.24) is 4.57 Å². The van der Waals surface area contributed by atoms with E-state index in [4.69, 9.17) is 11.6 Å². The van der Waals surface area contributed by atoms with Gasteiger partial charge in [-0.2, -0.15) is 0 Å². The van der Waals surface area contributed by atoms with Crippen LogP contribution in [-0.4, -0.2) is 25.1 Å². The third-order valence-electron chi connectivity index (χ3n) is 3.76. The zero-order valence-corrected chi connectivity index (χ0v) is 16.8. The van der Waals surface area contributed by atoms with Crippen LogP contribution in [0.4, 0.5) is 11.4 Å². The van der Waals surface area contributed by atoms with E-state index < -0.39 is 15.9 Å². The fourth-order valence-electron chi connectivity index (χ4n) is 2.62. The lowest BCUT2D eigenvalue weighted by Crippen LogP contribution is -2.14. The average Bonchev–Trinajstić information content (AvgIpc) is 2.89. The summed E-state index contributed by atoms with van der Waals surface area (Å²) in [6.45, 7) is 2.46. The van der Waals surface area contributed by atoms with Crippen LogP contribution in [0.2, 0.25) is 5.02 Å². The molecule has 0 aliphatic heterocycles. The van der Waals surface area contributed by atoms with E-state index in [0.717, 1.165) is 27.8 Å². The molecular weight excluding hydrogens is 410 g/mol. The molecule has 1 amide bonds. The molecule has 2 aromatic carbocycles. The Hall–Kier alpha value is -2.36. The highest BCUT2D eigenvalue weighted by Gasteiger charge is 2.14. The predicted octanol–water partition coefficient (Wildman–Crippen LogP) is 3.36. The molecule has 0 unspecified atom stereocenters. The average molecular weight is 426 g/mol. The number of nitrogens with zero attached hydrogens (tertiary/aromatic N) is 1. The molecule has 142 valence electrons. The summed E-state index contributed by atoms with van der Waals surface area (Å²) >= 11 is 7.19. The van der Waals surface area contributed by atoms with Gasteiger partial charge in [-0.3, -0.25) is 18.9 Å². The van der Waals surface area contributed by atoms with Crippen molar-refractivity contribution < 1.29 is 13.2 Å². The fourth-order valence-corrected chi connectivity index (χ4v) is 4.37. The molecule has 0 radical (unpaired) electrons. The number of anilines is 2. The molecule has 2 N–H and O–H groups in total. The van der Waals surface area contributed by atoms with Crippen LogP contribution in [-0.2, 0) is 16.6 Å². The van der Waals surface area contributed by atoms with Crippen LogP contribution in [0.15, 0.2) is 41.2 Å². The number of rotatable bonds is 5. The minimum absolute atomic E-state index is 0.0569. The van der Waals surface area contributed by atoms with E-state index in [1.807, 2.05) is 6.92 Å². The largest absolute Gasteiger partial charge is 0.322 e. The quantitative estimate of drug-likeness (QED) is 0.654. The van der Waals surface area contributed by atoms with Crippen molar-refractivity contribution in [2.45, 2.75) is 13.5 Å². The molecular formula is C17H16ClN3O4S2. The van der Waals surface area contributed by atoms with Gasteiger partial charge < -0.3 is 5.32 Å². The number of hydrogen-bond donors (Lipinski definition) is 2. The van der Waals surface area contributed by atoms with Gasteiger partial charge in [0.05, 0.1) is 27.1 Å². The van der Waals surface area contributed by atoms with Gasteiger partial charge in [0.2, 0.25) is 10.0 Å². The monoisotopic (exact) mass is 425 g/mol. The van der Waals surface area contributed by atoms with Gasteiger partial charge in [0.25, 0.3) is 5.91 Å². The first kappa shape index (κ1) is 19.4. The Balaban J connectivity index is 1.90. The molecule has 3 rings (SSSR count). The number of halogens is 1. The van der Waals surface area contributed by atoms with Crippen LogP contribution in [0, 0.1) is 0 Å². The van der Waals surface area contributed by atoms with Gasteiger partial charge in [-0.15, -0.1) is 0 Å². The number of nitrogens with one attached hydrogen (secondary N) is 2. The lowest BCUT2D eigenvalue weighted by molar-refractivity contribution is 0.102. The first-order chi connectivity index (χ1) is 12.7. The molecule has 0 aliphatic carbocycles. The number of aromatic nitrogens is 1. The highest BCUT2D eigenvalue weighted by molar-refractivity contribution is 7.92. The molecule has 0 saturated heterocycles. The third-order valence-corrected chi connectivity index (χ3v) is 5.63. The van der Waals surface area contributed by atoms with Crippen LogP contribution in [0.3, 0.4) is 0 Å². The van der Waals surface area contributed by atoms with E-state index in [-0.39, 0.29) is 21.1 Å². The predicted molar refractivity (Wildman–Crippen MR) is 110 cm³/mol. The smallest absolute Gasteiger partial charge is 0.308 e. The number of hydrogen-bond acceptors (Lipinski definition) is 5. The van der Waals surface area contributed by atoms with Crippen molar-refractivity contribution in [3.8, 4) is 0 Å². The SMILES string of the molecule is CCn1c(=O)sc2cc(NC(=O)c3cc(NS(C)(=O)=O)ccc3Cl)ccc21. The second-order valence-electron chi connectivity index (χ2n) is 5.82. The van der Waals surface area contributed by atoms with Gasteiger partial charge in [-0.05, 0) is 43.3 Å². The number of amides is 1. The Bertz CT molecular complexity index is 1200. The van der Waals surface area contributed by atoms with Crippen molar-refractivity contribution in [2.75, 3.05) is 16.3 Å². The van der Waals surface area contributed by atoms with E-state index in [1.54, 1.807) is 22.8 Å². The Kier molecular flexibility index (Phi) is 5.27. The molecule has 1 heterocycles. The van der Waals surface area contributed by atoms with Crippen molar-refractivity contribution >= 4 is 60.5 Å². The number of carbonyl (C=O) groups is 1. The van der Waals surface area contributed by atoms with Crippen LogP contribution >= 0.6 is 22.9 Å². The summed E-state index contributed by atoms with van der Waals surface area (Å²) in [5.74, 6) is -0.487. The summed E-state index contributed by atoms with van der Waals surface area (Å²) < 4.78 is 27.5. The Morgan fingerprint density at radius 3 is 2.56 bits per heavy atom. The minimum atomic E-state index is -3.48. The van der Waals surface area contributed by atoms with E-state index >= 15 is 0 Å². The molecule has 10 heteroatoms. The van der Waals surface area contributed by atoms with Crippen LogP contribution in [0.5, 0.6) is 0 Å². The molecule has 7 nitrogen and oxygen atoms in total. The van der Waals surface area contributed by atoms with Crippen molar-refractivity contribution in [3.63, 3.8) is 0 Å². The molecule has 27 heavy (non-hydrogen) atoms. The number of carbonyl (C=O) groups excluding carboxylic acids is 1. The number of thiazole rings is 1. The highest BCUT2D eigenvalue weighted by atomic mass is 35.5. The van der Waals surface area contributed by atoms with E-state index in [0.29, 0.717) is 12.2 Å². The Morgan fingerprint density at radius 1 is 1.19 bits per heavy atom. The van der Waals surface area contributed by atoms with Crippen molar-refractivity contribution in [3.05, 3.63) is 56.7 Å². The maximum atomic E-state index is 12.6. The Morgan fingerprint density at radius 2 is 1.89 bits per heavy atom. The normalized spacial score (nSPS) is 11.5. The standard InChI is InChI=1S/C17H16ClN3O4S2/c1-3-21-14-7-5-10(9-15(14)26-17(21)23)19-16(22)12-8-11(4-6-13(12)18)20-27(2,24)25/h4-9,20H,3H2,1-2H3,(H,19,22). The summed E-state index contributed by atoms with van der Waals surface area (Å²) in [5.41, 5.74) is 1.68. The van der Waals surface area contributed by atoms with E-state index in [2.05, 4.69) is 10.0 Å². The van der Waals surface area contributed by atoms with Crippen molar-refractivity contribution in [2.24, 2.45) is 0 Å². The van der Waals surface area contributed by atoms with Gasteiger partial charge in [0, 0.05) is 17.9 Å². The van der Waals surface area contributed by atoms with Gasteiger partial charge in [0.1, 0.15) is 0 Å². The zero-order chi connectivity index (χ0) is 19.8. The summed E-state index contributed by atoms with van der Waals surface area (Å²) in [6, 6.07) is 9.47. The molecule has 0 aliphatic rings. The maximum Gasteiger partial charge on any atom is 0.308 e. The van der Waals surface area contributed by atoms with Gasteiger partial charge in [-0.25, -0.2) is 8.42 Å². The molecule has 1 aromatic heterocycles. The van der Waals surface area contributed by atoms with E-state index in [9.17, 15) is 18.0 Å². The first-order valence-electron chi connectivity index (χ1n) is 7.90. The fraction of sp³-hybridized carbons (Fsp3) is 0.176. The second-order valence-corrected chi connectivity index (χ2v) is 8.97. The highest BCUT2D eigenvalue weighted by Crippen LogP contribution is 2.25. The van der Waals surface area contributed by atoms with Gasteiger partial charge >= 0.3 is 4.87 Å². The topological polar surface area (TPSA) is 97.3 Å². The van der Waals surface area contributed by atoms with Gasteiger partial charge in [0.15, 0.2) is 0 Å². The number of fused-ring (bicyclic) bond motifs is 1. The van der Waals surface area contributed by atoms with Crippen LogP contribution in [0.25, 0.3) is 10.2 Å². The minimum Gasteiger partial charge on any atom is -0.322 e. The third kappa shape index (κ3) is 4.32. The summed E-state index contributed by atoms with van der Waals surface area (Å²) in [5, 5.41) is 2.91. The van der Waals surface area contributed by atoms with Crippen molar-refractivity contribution in [1.29, 1.82) is 0 Å². The number of aryl methyl sites for hydroxylation is 1. The van der Waals surface area contributed by atoms with Gasteiger partial charge in [-0.1, -0.05) is 22.9 Å². The van der Waals surface area contributed by atoms with E-state index in [1.165, 1.54) is 18.2 Å². The lowest BCUT2D eigenvalue weighted by atomic mass is 10.2. The Labute approximate surface area is 164 Å². The molecule has 0 spiro atoms. The summed E-state index contributed by atoms with van der Waals surface area (Å²) in [7, 11) is -3.48. The molecule has 0 atom stereocenters. The zero-order valence-electron chi connectivity index (χ0n) is 14.4. The molecule has 3 aromatic rings. The molecule has 0 fully saturated rings. The van der Waals surface area contributed by atoms with Crippen LogP contribution < -0.4 is 14.9 Å². The maximum absolute atomic E-state index is 12.6. The molecule has 0 saturated carbocycles. The summed E-state index contributed by atoms with van der Waals surface area (Å²) in [6.07, 6.45) is 1.02. The number of sulfonamides is 1. The summed E-state index contributed by atoms with van der Waals surface area (Å²) in [4.78, 5) is 24.5. The van der Waals surface area contributed by atoms with Crippen LogP contribution in [0.1, 0.15) is 17.3 Å². The first-order valence-corrected chi connectivity index (χ1v) is 11.0. The second kappa shape index (κ2) is 7.34. The number of benzene rings is 2. The molecule has 0 bridgehead atoms. The lowest BCUT2D eigenvalue weighted by Gasteiger charge is -2.10.